The molecular weight excluding hydrogens is 579 g/mol. The van der Waals surface area contributed by atoms with Crippen LogP contribution in [0, 0.1) is 52.3 Å². The van der Waals surface area contributed by atoms with Gasteiger partial charge in [-0.15, -0.1) is 0 Å². The molecule has 0 aromatic heterocycles. The molecule has 43 heavy (non-hydrogen) atoms. The Kier molecular flexibility index (Phi) is 10.7. The Morgan fingerprint density at radius 2 is 1.56 bits per heavy atom. The van der Waals surface area contributed by atoms with Crippen LogP contribution in [0.4, 0.5) is 0 Å². The second-order valence-electron chi connectivity index (χ2n) is 14.5. The van der Waals surface area contributed by atoms with Crippen LogP contribution in [0.1, 0.15) is 97.8 Å². The molecule has 0 radical (unpaired) electrons. The van der Waals surface area contributed by atoms with Gasteiger partial charge in [0.2, 0.25) is 6.79 Å². The number of esters is 2. The van der Waals surface area contributed by atoms with E-state index < -0.39 is 50.5 Å². The van der Waals surface area contributed by atoms with Crippen LogP contribution in [0.25, 0.3) is 0 Å². The number of hydrogen-bond acceptors (Lipinski definition) is 8. The van der Waals surface area contributed by atoms with Crippen LogP contribution in [-0.2, 0) is 28.4 Å². The van der Waals surface area contributed by atoms with Gasteiger partial charge in [-0.25, -0.2) is 0 Å². The van der Waals surface area contributed by atoms with Crippen LogP contribution in [0.5, 0.6) is 0 Å². The van der Waals surface area contributed by atoms with Gasteiger partial charge in [-0.3, -0.25) is 18.9 Å². The summed E-state index contributed by atoms with van der Waals surface area (Å²) in [4.78, 5) is 53.5. The number of fused-ring (bicyclic) bond motifs is 5. The summed E-state index contributed by atoms with van der Waals surface area (Å²) in [5, 5.41) is 31.1. The molecule has 0 aromatic carbocycles. The van der Waals surface area contributed by atoms with Crippen LogP contribution >= 0.6 is 7.60 Å². The molecule has 4 unspecified atom stereocenters. The van der Waals surface area contributed by atoms with Gasteiger partial charge in [0, 0.05) is 12.8 Å². The van der Waals surface area contributed by atoms with Crippen molar-refractivity contribution in [3.8, 4) is 0 Å². The van der Waals surface area contributed by atoms with Crippen LogP contribution < -0.4 is 0 Å². The number of ether oxygens (including phenoxy) is 2. The molecule has 11 nitrogen and oxygen atoms in total. The maximum Gasteiger partial charge on any atom is 0.326 e. The Labute approximate surface area is 254 Å². The molecule has 12 heteroatoms. The lowest BCUT2D eigenvalue weighted by atomic mass is 9.43. The average molecular weight is 631 g/mol. The van der Waals surface area contributed by atoms with E-state index in [1.807, 2.05) is 0 Å². The molecule has 0 amide bonds. The van der Waals surface area contributed by atoms with E-state index in [0.717, 1.165) is 51.4 Å². The first-order chi connectivity index (χ1) is 20.1. The van der Waals surface area contributed by atoms with Crippen molar-refractivity contribution >= 4 is 25.5 Å². The van der Waals surface area contributed by atoms with E-state index >= 15 is 0 Å². The second-order valence-corrected chi connectivity index (χ2v) is 16.2. The number of hydrogen-bond donors (Lipinski definition) is 5. The molecule has 5 N–H and O–H groups in total. The first kappa shape index (κ1) is 34.4. The normalized spacial score (nSPS) is 38.6. The fourth-order valence-electron chi connectivity index (χ4n) is 9.88. The molecule has 0 saturated heterocycles. The number of carboxylic acids is 1. The molecule has 11 atom stereocenters. The maximum atomic E-state index is 12.4. The van der Waals surface area contributed by atoms with Crippen molar-refractivity contribution in [3.05, 3.63) is 0 Å². The highest BCUT2D eigenvalue weighted by molar-refractivity contribution is 7.51. The molecule has 0 aromatic rings. The van der Waals surface area contributed by atoms with Crippen molar-refractivity contribution in [2.45, 2.75) is 110 Å². The topological polar surface area (TPSA) is 188 Å². The quantitative estimate of drug-likeness (QED) is 0.119. The van der Waals surface area contributed by atoms with Crippen molar-refractivity contribution in [1.29, 1.82) is 0 Å². The van der Waals surface area contributed by atoms with E-state index in [-0.39, 0.29) is 48.0 Å². The molecule has 4 saturated carbocycles. The summed E-state index contributed by atoms with van der Waals surface area (Å²) in [7, 11) is -4.55. The minimum absolute atomic E-state index is 0.142. The molecule has 4 aliphatic carbocycles. The van der Waals surface area contributed by atoms with Gasteiger partial charge in [-0.1, -0.05) is 20.8 Å². The predicted molar refractivity (Wildman–Crippen MR) is 155 cm³/mol. The van der Waals surface area contributed by atoms with Gasteiger partial charge in [0.05, 0.1) is 24.3 Å². The predicted octanol–water partition coefficient (Wildman–Crippen LogP) is 4.10. The highest BCUT2D eigenvalue weighted by atomic mass is 31.2. The minimum atomic E-state index is -4.55. The lowest BCUT2D eigenvalue weighted by Gasteiger charge is -2.62. The molecule has 246 valence electrons. The fourth-order valence-corrected chi connectivity index (χ4v) is 10.8. The smallest absolute Gasteiger partial charge is 0.326 e. The number of carboxylic acid groups (broad SMARTS) is 1. The first-order valence-corrected chi connectivity index (χ1v) is 17.8. The minimum Gasteiger partial charge on any atom is -0.481 e. The monoisotopic (exact) mass is 630 g/mol. The summed E-state index contributed by atoms with van der Waals surface area (Å²) in [6, 6.07) is 0. The molecule has 4 aliphatic rings. The molecule has 0 spiro atoms. The Balaban J connectivity index is 1.23. The number of aliphatic carboxylic acids is 1. The summed E-state index contributed by atoms with van der Waals surface area (Å²) in [5.74, 6) is -1.60. The van der Waals surface area contributed by atoms with E-state index in [1.54, 1.807) is 0 Å². The third kappa shape index (κ3) is 7.49. The van der Waals surface area contributed by atoms with Crippen LogP contribution in [0.3, 0.4) is 0 Å². The standard InChI is InChI=1S/C31H51O11P/c1-18(4-10-27(34)41-17-42-28(35)11-5-19(29(36)37)16-43(38,39)40)23-8-9-24-22-7-6-20-14-21(32)12-13-30(20,2)25(22)15-26(33)31(23,24)3/h18-26,32-33H,4-17H2,1-3H3,(H,36,37)(H2,38,39,40)/t18-,19-,20-,21-,22?,23?,24?,25?,26+,30+,31-/m1/s1. The SMILES string of the molecule is C[C@H](CCC(=O)OCOC(=O)CC[C@H](CP(=O)(O)O)C(=O)O)C1CCC2C3CC[C@@H]4C[C@H](O)CC[C@]4(C)C3C[C@H](O)[C@@]21C. The number of aliphatic hydroxyl groups is 2. The van der Waals surface area contributed by atoms with Gasteiger partial charge < -0.3 is 34.6 Å². The van der Waals surface area contributed by atoms with E-state index in [1.165, 1.54) is 0 Å². The third-order valence-electron chi connectivity index (χ3n) is 12.3. The van der Waals surface area contributed by atoms with Gasteiger partial charge in [-0.05, 0) is 111 Å². The summed E-state index contributed by atoms with van der Waals surface area (Å²) in [6.45, 7) is 6.21. The maximum absolute atomic E-state index is 12.4. The van der Waals surface area contributed by atoms with Crippen LogP contribution in [-0.4, -0.2) is 68.2 Å². The van der Waals surface area contributed by atoms with Crippen molar-refractivity contribution in [2.75, 3.05) is 13.0 Å². The molecule has 0 heterocycles. The number of rotatable bonds is 12. The number of carbonyl (C=O) groups excluding carboxylic acids is 2. The largest absolute Gasteiger partial charge is 0.481 e. The average Bonchev–Trinajstić information content (AvgIpc) is 3.28. The van der Waals surface area contributed by atoms with E-state index in [9.17, 15) is 29.2 Å². The summed E-state index contributed by atoms with van der Waals surface area (Å²) in [5.41, 5.74) is -0.0206. The third-order valence-corrected chi connectivity index (χ3v) is 13.2. The van der Waals surface area contributed by atoms with Gasteiger partial charge in [0.15, 0.2) is 0 Å². The summed E-state index contributed by atoms with van der Waals surface area (Å²) < 4.78 is 21.0. The van der Waals surface area contributed by atoms with Crippen molar-refractivity contribution in [2.24, 2.45) is 52.3 Å². The van der Waals surface area contributed by atoms with Crippen LogP contribution in [0.2, 0.25) is 0 Å². The lowest BCUT2D eigenvalue weighted by molar-refractivity contribution is -0.175. The number of carbonyl (C=O) groups is 3. The van der Waals surface area contributed by atoms with Gasteiger partial charge in [0.25, 0.3) is 0 Å². The van der Waals surface area contributed by atoms with Gasteiger partial charge in [-0.2, -0.15) is 0 Å². The van der Waals surface area contributed by atoms with Gasteiger partial charge >= 0.3 is 25.5 Å². The zero-order valence-electron chi connectivity index (χ0n) is 25.7. The highest BCUT2D eigenvalue weighted by Crippen LogP contribution is 2.68. The molecule has 4 rings (SSSR count). The molecular formula is C31H51O11P. The highest BCUT2D eigenvalue weighted by Gasteiger charge is 2.63. The molecule has 0 aliphatic heterocycles. The first-order valence-electron chi connectivity index (χ1n) is 16.0. The van der Waals surface area contributed by atoms with E-state index in [2.05, 4.69) is 20.8 Å². The summed E-state index contributed by atoms with van der Waals surface area (Å²) in [6.07, 6.45) is 6.60. The zero-order chi connectivity index (χ0) is 31.7. The fraction of sp³-hybridized carbons (Fsp3) is 0.903. The van der Waals surface area contributed by atoms with Crippen molar-refractivity contribution < 1.29 is 53.5 Å². The Morgan fingerprint density at radius 1 is 0.907 bits per heavy atom. The van der Waals surface area contributed by atoms with Crippen molar-refractivity contribution in [3.63, 3.8) is 0 Å². The van der Waals surface area contributed by atoms with E-state index in [4.69, 9.17) is 24.4 Å². The Bertz CT molecular complexity index is 1080. The van der Waals surface area contributed by atoms with Gasteiger partial charge in [0.1, 0.15) is 0 Å². The Hall–Kier alpha value is -1.52. The molecule has 0 bridgehead atoms. The molecule has 4 fully saturated rings. The van der Waals surface area contributed by atoms with Crippen LogP contribution in [0.15, 0.2) is 0 Å². The van der Waals surface area contributed by atoms with Crippen molar-refractivity contribution in [1.82, 2.24) is 0 Å². The zero-order valence-corrected chi connectivity index (χ0v) is 26.6. The Morgan fingerprint density at radius 3 is 2.19 bits per heavy atom. The number of aliphatic hydroxyl groups excluding tert-OH is 2. The summed E-state index contributed by atoms with van der Waals surface area (Å²) >= 11 is 0. The van der Waals surface area contributed by atoms with E-state index in [0.29, 0.717) is 30.1 Å². The lowest BCUT2D eigenvalue weighted by Crippen LogP contribution is -2.58. The second kappa shape index (κ2) is 13.5.